The molecule has 0 unspecified atom stereocenters. The fourth-order valence-corrected chi connectivity index (χ4v) is 2.44. The Balaban J connectivity index is 1.84. The molecule has 2 aromatic carbocycles. The summed E-state index contributed by atoms with van der Waals surface area (Å²) in [5.74, 6) is -2.10. The van der Waals surface area contributed by atoms with E-state index in [0.717, 1.165) is 12.1 Å². The lowest BCUT2D eigenvalue weighted by Gasteiger charge is -2.26. The highest BCUT2D eigenvalue weighted by molar-refractivity contribution is 5.97. The van der Waals surface area contributed by atoms with Crippen molar-refractivity contribution in [2.24, 2.45) is 0 Å². The first-order chi connectivity index (χ1) is 12.9. The average molecular weight is 372 g/mol. The third-order valence-corrected chi connectivity index (χ3v) is 3.68. The van der Waals surface area contributed by atoms with Crippen molar-refractivity contribution < 1.29 is 23.5 Å². The van der Waals surface area contributed by atoms with Gasteiger partial charge in [0, 0.05) is 17.3 Å². The number of hydrogen-bond donors (Lipinski definition) is 1. The zero-order chi connectivity index (χ0) is 19.8. The number of carbonyl (C=O) groups excluding carboxylic acids is 3. The topological polar surface area (TPSA) is 75.7 Å². The maximum Gasteiger partial charge on any atom is 0.325 e. The molecule has 2 amide bonds. The second-order valence-corrected chi connectivity index (χ2v) is 6.04. The highest BCUT2D eigenvalue weighted by Crippen LogP contribution is 2.16. The molecule has 0 saturated carbocycles. The Labute approximate surface area is 156 Å². The number of nitrogens with one attached hydrogen (secondary N) is 1. The number of para-hydroxylation sites is 1. The van der Waals surface area contributed by atoms with Crippen molar-refractivity contribution in [1.82, 2.24) is 5.32 Å². The molecule has 0 aliphatic rings. The predicted molar refractivity (Wildman–Crippen MR) is 98.8 cm³/mol. The standard InChI is InChI=1S/C20H21FN2O4/c1-14(2)23(17-6-4-3-5-7-17)18(24)13-27-19(25)12-22-20(26)15-8-10-16(21)11-9-15/h3-11,14H,12-13H2,1-2H3,(H,22,26). The van der Waals surface area contributed by atoms with Gasteiger partial charge in [0.1, 0.15) is 12.4 Å². The molecule has 0 saturated heterocycles. The summed E-state index contributed by atoms with van der Waals surface area (Å²) in [5.41, 5.74) is 0.925. The van der Waals surface area contributed by atoms with Gasteiger partial charge in [0.25, 0.3) is 11.8 Å². The molecule has 27 heavy (non-hydrogen) atoms. The molecule has 0 fully saturated rings. The number of benzene rings is 2. The van der Waals surface area contributed by atoms with E-state index in [-0.39, 0.29) is 17.5 Å². The van der Waals surface area contributed by atoms with Gasteiger partial charge in [0.2, 0.25) is 0 Å². The van der Waals surface area contributed by atoms with Gasteiger partial charge in [-0.3, -0.25) is 14.4 Å². The van der Waals surface area contributed by atoms with Crippen LogP contribution in [0, 0.1) is 5.82 Å². The lowest BCUT2D eigenvalue weighted by atomic mass is 10.2. The van der Waals surface area contributed by atoms with Gasteiger partial charge in [-0.1, -0.05) is 18.2 Å². The highest BCUT2D eigenvalue weighted by Gasteiger charge is 2.20. The smallest absolute Gasteiger partial charge is 0.325 e. The van der Waals surface area contributed by atoms with E-state index in [4.69, 9.17) is 4.74 Å². The minimum absolute atomic E-state index is 0.114. The first-order valence-electron chi connectivity index (χ1n) is 8.45. The van der Waals surface area contributed by atoms with E-state index in [9.17, 15) is 18.8 Å². The third kappa shape index (κ3) is 5.91. The Morgan fingerprint density at radius 1 is 1.04 bits per heavy atom. The first-order valence-corrected chi connectivity index (χ1v) is 8.45. The van der Waals surface area contributed by atoms with Crippen LogP contribution in [0.3, 0.4) is 0 Å². The predicted octanol–water partition coefficient (Wildman–Crippen LogP) is 2.54. The molecule has 6 nitrogen and oxygen atoms in total. The molecular formula is C20H21FN2O4. The summed E-state index contributed by atoms with van der Waals surface area (Å²) < 4.78 is 17.8. The molecule has 0 radical (unpaired) electrons. The molecule has 0 bridgehead atoms. The summed E-state index contributed by atoms with van der Waals surface area (Å²) in [6.07, 6.45) is 0. The molecule has 1 N–H and O–H groups in total. The summed E-state index contributed by atoms with van der Waals surface area (Å²) >= 11 is 0. The maximum absolute atomic E-state index is 12.8. The Hall–Kier alpha value is -3.22. The van der Waals surface area contributed by atoms with Crippen LogP contribution in [0.2, 0.25) is 0 Å². The molecular weight excluding hydrogens is 351 g/mol. The fourth-order valence-electron chi connectivity index (χ4n) is 2.44. The number of rotatable bonds is 7. The summed E-state index contributed by atoms with van der Waals surface area (Å²) in [6.45, 7) is 2.89. The van der Waals surface area contributed by atoms with Gasteiger partial charge in [-0.05, 0) is 50.2 Å². The summed E-state index contributed by atoms with van der Waals surface area (Å²) in [4.78, 5) is 37.6. The van der Waals surface area contributed by atoms with Crippen LogP contribution in [0.15, 0.2) is 54.6 Å². The number of esters is 1. The fraction of sp³-hybridized carbons (Fsp3) is 0.250. The number of nitrogens with zero attached hydrogens (tertiary/aromatic N) is 1. The van der Waals surface area contributed by atoms with E-state index in [1.54, 1.807) is 12.1 Å². The minimum atomic E-state index is -0.740. The molecule has 7 heteroatoms. The van der Waals surface area contributed by atoms with E-state index in [2.05, 4.69) is 5.32 Å². The van der Waals surface area contributed by atoms with E-state index in [1.807, 2.05) is 32.0 Å². The number of halogens is 1. The van der Waals surface area contributed by atoms with E-state index in [0.29, 0.717) is 5.69 Å². The highest BCUT2D eigenvalue weighted by atomic mass is 19.1. The van der Waals surface area contributed by atoms with Crippen molar-refractivity contribution in [3.05, 3.63) is 66.0 Å². The number of amides is 2. The van der Waals surface area contributed by atoms with Crippen molar-refractivity contribution in [1.29, 1.82) is 0 Å². The molecule has 0 heterocycles. The van der Waals surface area contributed by atoms with Gasteiger partial charge in [-0.2, -0.15) is 0 Å². The Bertz CT molecular complexity index is 791. The van der Waals surface area contributed by atoms with Crippen LogP contribution >= 0.6 is 0 Å². The zero-order valence-electron chi connectivity index (χ0n) is 15.1. The van der Waals surface area contributed by atoms with Crippen LogP contribution in [-0.2, 0) is 14.3 Å². The minimum Gasteiger partial charge on any atom is -0.454 e. The lowest BCUT2D eigenvalue weighted by molar-refractivity contribution is -0.146. The molecule has 0 aromatic heterocycles. The maximum atomic E-state index is 12.8. The summed E-state index contributed by atoms with van der Waals surface area (Å²) in [7, 11) is 0. The first kappa shape index (κ1) is 20.1. The Morgan fingerprint density at radius 3 is 2.26 bits per heavy atom. The van der Waals surface area contributed by atoms with Gasteiger partial charge < -0.3 is 15.0 Å². The van der Waals surface area contributed by atoms with Crippen LogP contribution in [0.1, 0.15) is 24.2 Å². The monoisotopic (exact) mass is 372 g/mol. The zero-order valence-corrected chi connectivity index (χ0v) is 15.1. The van der Waals surface area contributed by atoms with Gasteiger partial charge in [0.15, 0.2) is 6.61 Å². The van der Waals surface area contributed by atoms with Crippen LogP contribution in [0.5, 0.6) is 0 Å². The number of ether oxygens (including phenoxy) is 1. The van der Waals surface area contributed by atoms with Gasteiger partial charge >= 0.3 is 5.97 Å². The van der Waals surface area contributed by atoms with Crippen LogP contribution in [0.4, 0.5) is 10.1 Å². The molecule has 0 aliphatic heterocycles. The number of anilines is 1. The van der Waals surface area contributed by atoms with Gasteiger partial charge in [-0.25, -0.2) is 4.39 Å². The quantitative estimate of drug-likeness (QED) is 0.758. The van der Waals surface area contributed by atoms with Crippen molar-refractivity contribution in [3.8, 4) is 0 Å². The Morgan fingerprint density at radius 2 is 1.67 bits per heavy atom. The van der Waals surface area contributed by atoms with E-state index < -0.39 is 30.8 Å². The molecule has 2 aromatic rings. The van der Waals surface area contributed by atoms with Crippen molar-refractivity contribution in [3.63, 3.8) is 0 Å². The normalized spacial score (nSPS) is 10.4. The van der Waals surface area contributed by atoms with E-state index >= 15 is 0 Å². The summed E-state index contributed by atoms with van der Waals surface area (Å²) in [5, 5.41) is 2.36. The van der Waals surface area contributed by atoms with Crippen LogP contribution in [-0.4, -0.2) is 37.0 Å². The lowest BCUT2D eigenvalue weighted by Crippen LogP contribution is -2.40. The van der Waals surface area contributed by atoms with Crippen molar-refractivity contribution in [2.45, 2.75) is 19.9 Å². The number of carbonyl (C=O) groups is 3. The van der Waals surface area contributed by atoms with Crippen molar-refractivity contribution >= 4 is 23.5 Å². The van der Waals surface area contributed by atoms with Crippen molar-refractivity contribution in [2.75, 3.05) is 18.1 Å². The Kier molecular flexibility index (Phi) is 7.05. The van der Waals surface area contributed by atoms with Crippen LogP contribution in [0.25, 0.3) is 0 Å². The van der Waals surface area contributed by atoms with E-state index in [1.165, 1.54) is 17.0 Å². The average Bonchev–Trinajstić information content (AvgIpc) is 2.65. The SMILES string of the molecule is CC(C)N(C(=O)COC(=O)CNC(=O)c1ccc(F)cc1)c1ccccc1. The molecule has 0 spiro atoms. The molecule has 2 rings (SSSR count). The molecule has 0 atom stereocenters. The third-order valence-electron chi connectivity index (χ3n) is 3.68. The second-order valence-electron chi connectivity index (χ2n) is 6.04. The van der Waals surface area contributed by atoms with Gasteiger partial charge in [-0.15, -0.1) is 0 Å². The number of hydrogen-bond acceptors (Lipinski definition) is 4. The summed E-state index contributed by atoms with van der Waals surface area (Å²) in [6, 6.07) is 13.9. The van der Waals surface area contributed by atoms with Crippen LogP contribution < -0.4 is 10.2 Å². The second kappa shape index (κ2) is 9.47. The molecule has 0 aliphatic carbocycles. The molecule has 142 valence electrons. The van der Waals surface area contributed by atoms with Gasteiger partial charge in [0.05, 0.1) is 0 Å². The largest absolute Gasteiger partial charge is 0.454 e.